The average Bonchev–Trinajstić information content (AvgIpc) is 2.16. The molecule has 0 amide bonds. The zero-order valence-corrected chi connectivity index (χ0v) is 7.76. The van der Waals surface area contributed by atoms with Gasteiger partial charge >= 0.3 is 0 Å². The van der Waals surface area contributed by atoms with E-state index in [2.05, 4.69) is 0 Å². The zero-order chi connectivity index (χ0) is 10.7. The van der Waals surface area contributed by atoms with Crippen LogP contribution in [0.2, 0.25) is 0 Å². The molecule has 1 aromatic rings. The maximum Gasteiger partial charge on any atom is 0.264 e. The highest BCUT2D eigenvalue weighted by Crippen LogP contribution is 2.27. The summed E-state index contributed by atoms with van der Waals surface area (Å²) in [6.07, 6.45) is -2.49. The molecule has 0 aliphatic carbocycles. The molecule has 0 heterocycles. The van der Waals surface area contributed by atoms with Gasteiger partial charge in [-0.05, 0) is 6.07 Å². The fourth-order valence-corrected chi connectivity index (χ4v) is 1.27. The molecule has 4 heteroatoms. The van der Waals surface area contributed by atoms with Crippen molar-refractivity contribution in [3.8, 4) is 0 Å². The molecule has 0 aliphatic heterocycles. The van der Waals surface area contributed by atoms with E-state index in [0.717, 1.165) is 0 Å². The second kappa shape index (κ2) is 4.17. The lowest BCUT2D eigenvalue weighted by Crippen LogP contribution is -2.07. The van der Waals surface area contributed by atoms with Crippen molar-refractivity contribution in [2.75, 3.05) is 5.73 Å². The number of hydrogen-bond donors (Lipinski definition) is 1. The fourth-order valence-electron chi connectivity index (χ4n) is 1.27. The minimum absolute atomic E-state index is 0.0370. The molecule has 0 radical (unpaired) electrons. The van der Waals surface area contributed by atoms with Gasteiger partial charge in [-0.3, -0.25) is 4.79 Å². The van der Waals surface area contributed by atoms with Crippen molar-refractivity contribution >= 4 is 11.5 Å². The molecule has 0 bridgehead atoms. The van der Waals surface area contributed by atoms with Crippen LogP contribution < -0.4 is 5.73 Å². The molecule has 0 atom stereocenters. The standard InChI is InChI=1S/C10H11F2NO/c1-2-8(14)9-6(10(11)12)4-3-5-7(9)13/h3-5,10H,2,13H2,1H3. The number of ketones is 1. The molecule has 2 N–H and O–H groups in total. The number of alkyl halides is 2. The summed E-state index contributed by atoms with van der Waals surface area (Å²) in [7, 11) is 0. The predicted molar refractivity (Wildman–Crippen MR) is 50.4 cm³/mol. The van der Waals surface area contributed by atoms with Crippen LogP contribution in [0, 0.1) is 0 Å². The molecule has 0 saturated carbocycles. The van der Waals surface area contributed by atoms with Gasteiger partial charge < -0.3 is 5.73 Å². The third kappa shape index (κ3) is 1.89. The Labute approximate surface area is 80.7 Å². The van der Waals surface area contributed by atoms with E-state index in [9.17, 15) is 13.6 Å². The Morgan fingerprint density at radius 2 is 2.14 bits per heavy atom. The normalized spacial score (nSPS) is 10.6. The van der Waals surface area contributed by atoms with Crippen LogP contribution >= 0.6 is 0 Å². The van der Waals surface area contributed by atoms with Crippen LogP contribution in [-0.4, -0.2) is 5.78 Å². The van der Waals surface area contributed by atoms with Crippen molar-refractivity contribution < 1.29 is 13.6 Å². The molecule has 14 heavy (non-hydrogen) atoms. The van der Waals surface area contributed by atoms with Gasteiger partial charge in [0.1, 0.15) is 0 Å². The number of nitrogen functional groups attached to an aromatic ring is 1. The van der Waals surface area contributed by atoms with E-state index >= 15 is 0 Å². The topological polar surface area (TPSA) is 43.1 Å². The largest absolute Gasteiger partial charge is 0.398 e. The number of halogens is 2. The van der Waals surface area contributed by atoms with Crippen LogP contribution in [-0.2, 0) is 0 Å². The summed E-state index contributed by atoms with van der Waals surface area (Å²) in [4.78, 5) is 11.3. The molecular formula is C10H11F2NO. The molecular weight excluding hydrogens is 188 g/mol. The summed E-state index contributed by atoms with van der Waals surface area (Å²) in [5.74, 6) is -0.349. The Kier molecular flexibility index (Phi) is 3.17. The van der Waals surface area contributed by atoms with Gasteiger partial charge in [-0.2, -0.15) is 0 Å². The van der Waals surface area contributed by atoms with E-state index in [1.165, 1.54) is 18.2 Å². The molecule has 1 rings (SSSR count). The van der Waals surface area contributed by atoms with E-state index in [1.54, 1.807) is 6.92 Å². The number of hydrogen-bond acceptors (Lipinski definition) is 2. The Morgan fingerprint density at radius 3 is 2.64 bits per heavy atom. The van der Waals surface area contributed by atoms with Crippen molar-refractivity contribution in [3.05, 3.63) is 29.3 Å². The molecule has 0 saturated heterocycles. The van der Waals surface area contributed by atoms with E-state index < -0.39 is 6.43 Å². The average molecular weight is 199 g/mol. The van der Waals surface area contributed by atoms with Crippen LogP contribution in [0.15, 0.2) is 18.2 Å². The van der Waals surface area contributed by atoms with Gasteiger partial charge in [0.15, 0.2) is 5.78 Å². The number of carbonyl (C=O) groups is 1. The summed E-state index contributed by atoms with van der Waals surface area (Å²) >= 11 is 0. The van der Waals surface area contributed by atoms with Gasteiger partial charge in [0, 0.05) is 23.2 Å². The summed E-state index contributed by atoms with van der Waals surface area (Å²) < 4.78 is 25.0. The zero-order valence-electron chi connectivity index (χ0n) is 7.76. The van der Waals surface area contributed by atoms with Crippen LogP contribution in [0.5, 0.6) is 0 Å². The van der Waals surface area contributed by atoms with Gasteiger partial charge in [0.25, 0.3) is 6.43 Å². The lowest BCUT2D eigenvalue weighted by molar-refractivity contribution is 0.0975. The molecule has 0 spiro atoms. The maximum atomic E-state index is 12.5. The van der Waals surface area contributed by atoms with Gasteiger partial charge in [-0.15, -0.1) is 0 Å². The first kappa shape index (κ1) is 10.6. The van der Waals surface area contributed by atoms with E-state index in [1.807, 2.05) is 0 Å². The molecule has 0 fully saturated rings. The lowest BCUT2D eigenvalue weighted by Gasteiger charge is -2.09. The molecule has 0 aromatic heterocycles. The van der Waals surface area contributed by atoms with Crippen molar-refractivity contribution in [2.45, 2.75) is 19.8 Å². The second-order valence-electron chi connectivity index (χ2n) is 2.89. The Hall–Kier alpha value is -1.45. The summed E-state index contributed by atoms with van der Waals surface area (Å²) in [6.45, 7) is 1.62. The Bertz CT molecular complexity index is 350. The highest BCUT2D eigenvalue weighted by molar-refractivity contribution is 6.02. The quantitative estimate of drug-likeness (QED) is 0.600. The summed E-state index contributed by atoms with van der Waals surface area (Å²) in [5.41, 5.74) is 5.28. The maximum absolute atomic E-state index is 12.5. The third-order valence-corrected chi connectivity index (χ3v) is 1.96. The van der Waals surface area contributed by atoms with Crippen LogP contribution in [0.3, 0.4) is 0 Å². The lowest BCUT2D eigenvalue weighted by atomic mass is 10.0. The summed E-state index contributed by atoms with van der Waals surface area (Å²) in [6, 6.07) is 4.10. The third-order valence-electron chi connectivity index (χ3n) is 1.96. The predicted octanol–water partition coefficient (Wildman–Crippen LogP) is 2.80. The highest BCUT2D eigenvalue weighted by atomic mass is 19.3. The number of carbonyl (C=O) groups excluding carboxylic acids is 1. The monoisotopic (exact) mass is 199 g/mol. The molecule has 1 aromatic carbocycles. The van der Waals surface area contributed by atoms with E-state index in [0.29, 0.717) is 0 Å². The number of benzene rings is 1. The van der Waals surface area contributed by atoms with Crippen LogP contribution in [0.25, 0.3) is 0 Å². The van der Waals surface area contributed by atoms with Crippen LogP contribution in [0.4, 0.5) is 14.5 Å². The minimum Gasteiger partial charge on any atom is -0.398 e. The number of anilines is 1. The molecule has 76 valence electrons. The second-order valence-corrected chi connectivity index (χ2v) is 2.89. The first-order chi connectivity index (χ1) is 6.57. The van der Waals surface area contributed by atoms with Gasteiger partial charge in [-0.25, -0.2) is 8.78 Å². The van der Waals surface area contributed by atoms with Gasteiger partial charge in [0.05, 0.1) is 0 Å². The number of rotatable bonds is 3. The van der Waals surface area contributed by atoms with Gasteiger partial charge in [-0.1, -0.05) is 19.1 Å². The first-order valence-corrected chi connectivity index (χ1v) is 4.27. The smallest absolute Gasteiger partial charge is 0.264 e. The molecule has 0 aliphatic rings. The highest BCUT2D eigenvalue weighted by Gasteiger charge is 2.19. The molecule has 0 unspecified atom stereocenters. The fraction of sp³-hybridized carbons (Fsp3) is 0.300. The van der Waals surface area contributed by atoms with Crippen molar-refractivity contribution in [1.82, 2.24) is 0 Å². The molecule has 2 nitrogen and oxygen atoms in total. The SMILES string of the molecule is CCC(=O)c1c(N)cccc1C(F)F. The number of Topliss-reactive ketones (excluding diaryl/α,β-unsaturated/α-hetero) is 1. The van der Waals surface area contributed by atoms with Crippen molar-refractivity contribution in [3.63, 3.8) is 0 Å². The minimum atomic E-state index is -2.66. The van der Waals surface area contributed by atoms with Crippen LogP contribution in [0.1, 0.15) is 35.7 Å². The van der Waals surface area contributed by atoms with Crippen molar-refractivity contribution in [1.29, 1.82) is 0 Å². The van der Waals surface area contributed by atoms with Crippen molar-refractivity contribution in [2.24, 2.45) is 0 Å². The van der Waals surface area contributed by atoms with E-state index in [4.69, 9.17) is 5.73 Å². The van der Waals surface area contributed by atoms with Gasteiger partial charge in [0.2, 0.25) is 0 Å². The Balaban J connectivity index is 3.29. The number of nitrogens with two attached hydrogens (primary N) is 1. The Morgan fingerprint density at radius 1 is 1.50 bits per heavy atom. The first-order valence-electron chi connectivity index (χ1n) is 4.27. The summed E-state index contributed by atoms with van der Waals surface area (Å²) in [5, 5.41) is 0. The van der Waals surface area contributed by atoms with E-state index in [-0.39, 0.29) is 29.0 Å².